The molecule has 2 rings (SSSR count). The second-order valence-electron chi connectivity index (χ2n) is 6.56. The number of esters is 1. The maximum Gasteiger partial charge on any atom is 0.328 e. The lowest BCUT2D eigenvalue weighted by atomic mass is 10.1. The zero-order valence-electron chi connectivity index (χ0n) is 16.2. The number of nitrogens with one attached hydrogen (secondary N) is 2. The van der Waals surface area contributed by atoms with E-state index in [2.05, 4.69) is 10.6 Å². The summed E-state index contributed by atoms with van der Waals surface area (Å²) in [5.74, 6) is -0.905. The number of hydrogen-bond donors (Lipinski definition) is 2. The molecule has 6 nitrogen and oxygen atoms in total. The predicted octanol–water partition coefficient (Wildman–Crippen LogP) is 2.41. The van der Waals surface area contributed by atoms with Crippen LogP contribution < -0.4 is 10.6 Å². The maximum atomic E-state index is 12.2. The van der Waals surface area contributed by atoms with E-state index in [4.69, 9.17) is 4.74 Å². The Balaban J connectivity index is 1.76. The van der Waals surface area contributed by atoms with Crippen molar-refractivity contribution in [2.24, 2.45) is 0 Å². The molecule has 0 spiro atoms. The van der Waals surface area contributed by atoms with Gasteiger partial charge in [-0.15, -0.1) is 0 Å². The smallest absolute Gasteiger partial charge is 0.328 e. The van der Waals surface area contributed by atoms with E-state index in [9.17, 15) is 14.4 Å². The molecule has 2 N–H and O–H groups in total. The molecule has 0 saturated carbocycles. The molecule has 0 radical (unpaired) electrons. The fraction of sp³-hybridized carbons (Fsp3) is 0.318. The summed E-state index contributed by atoms with van der Waals surface area (Å²) in [6, 6.07) is 16.0. The summed E-state index contributed by atoms with van der Waals surface area (Å²) in [4.78, 5) is 36.2. The number of rotatable bonds is 9. The molecule has 0 heterocycles. The molecule has 0 bridgehead atoms. The van der Waals surface area contributed by atoms with Crippen LogP contribution in [0.4, 0.5) is 0 Å². The summed E-state index contributed by atoms with van der Waals surface area (Å²) < 4.78 is 4.79. The van der Waals surface area contributed by atoms with Gasteiger partial charge in [0.15, 0.2) is 0 Å². The third-order valence-electron chi connectivity index (χ3n) is 4.28. The first-order chi connectivity index (χ1) is 13.5. The van der Waals surface area contributed by atoms with Gasteiger partial charge in [-0.3, -0.25) is 9.59 Å². The Morgan fingerprint density at radius 3 is 2.32 bits per heavy atom. The SMILES string of the molecule is COC(=O)[C@H](Cc1ccccc1)NC(=O)CCCNC(=O)c1ccc(C)cc1. The highest BCUT2D eigenvalue weighted by molar-refractivity contribution is 5.94. The molecular weight excluding hydrogens is 356 g/mol. The van der Waals surface area contributed by atoms with E-state index < -0.39 is 12.0 Å². The van der Waals surface area contributed by atoms with Gasteiger partial charge < -0.3 is 15.4 Å². The average Bonchev–Trinajstić information content (AvgIpc) is 2.71. The van der Waals surface area contributed by atoms with Gasteiger partial charge in [-0.25, -0.2) is 4.79 Å². The molecule has 0 fully saturated rings. The van der Waals surface area contributed by atoms with Crippen molar-refractivity contribution in [2.45, 2.75) is 32.2 Å². The third-order valence-corrected chi connectivity index (χ3v) is 4.28. The first-order valence-electron chi connectivity index (χ1n) is 9.25. The Hall–Kier alpha value is -3.15. The van der Waals surface area contributed by atoms with Crippen LogP contribution in [0.3, 0.4) is 0 Å². The Bertz CT molecular complexity index is 788. The monoisotopic (exact) mass is 382 g/mol. The molecule has 0 aliphatic rings. The molecule has 0 unspecified atom stereocenters. The number of benzene rings is 2. The molecule has 148 valence electrons. The van der Waals surface area contributed by atoms with E-state index in [1.807, 2.05) is 49.4 Å². The van der Waals surface area contributed by atoms with Gasteiger partial charge in [0.1, 0.15) is 6.04 Å². The molecule has 28 heavy (non-hydrogen) atoms. The summed E-state index contributed by atoms with van der Waals surface area (Å²) >= 11 is 0. The maximum absolute atomic E-state index is 12.2. The molecule has 0 saturated heterocycles. The normalized spacial score (nSPS) is 11.4. The summed E-state index contributed by atoms with van der Waals surface area (Å²) in [6.45, 7) is 2.33. The van der Waals surface area contributed by atoms with Gasteiger partial charge in [-0.05, 0) is 31.0 Å². The number of amides is 2. The van der Waals surface area contributed by atoms with Gasteiger partial charge in [0.05, 0.1) is 7.11 Å². The van der Waals surface area contributed by atoms with Crippen LogP contribution in [0.2, 0.25) is 0 Å². The highest BCUT2D eigenvalue weighted by atomic mass is 16.5. The van der Waals surface area contributed by atoms with Crippen LogP contribution in [0, 0.1) is 6.92 Å². The van der Waals surface area contributed by atoms with Crippen molar-refractivity contribution in [1.82, 2.24) is 10.6 Å². The van der Waals surface area contributed by atoms with Gasteiger partial charge in [0, 0.05) is 24.9 Å². The van der Waals surface area contributed by atoms with Crippen LogP contribution in [0.15, 0.2) is 54.6 Å². The van der Waals surface area contributed by atoms with E-state index in [0.29, 0.717) is 24.9 Å². The number of carbonyl (C=O) groups excluding carboxylic acids is 3. The lowest BCUT2D eigenvalue weighted by Gasteiger charge is -2.16. The Kier molecular flexibility index (Phi) is 8.21. The van der Waals surface area contributed by atoms with E-state index in [-0.39, 0.29) is 18.2 Å². The van der Waals surface area contributed by atoms with Crippen LogP contribution in [-0.4, -0.2) is 37.5 Å². The highest BCUT2D eigenvalue weighted by Gasteiger charge is 2.21. The van der Waals surface area contributed by atoms with E-state index in [0.717, 1.165) is 11.1 Å². The van der Waals surface area contributed by atoms with Gasteiger partial charge in [0.25, 0.3) is 5.91 Å². The zero-order valence-corrected chi connectivity index (χ0v) is 16.2. The number of methoxy groups -OCH3 is 1. The molecular formula is C22H26N2O4. The molecule has 2 aromatic carbocycles. The van der Waals surface area contributed by atoms with Gasteiger partial charge in [-0.2, -0.15) is 0 Å². The van der Waals surface area contributed by atoms with Gasteiger partial charge >= 0.3 is 5.97 Å². The molecule has 0 aliphatic heterocycles. The zero-order chi connectivity index (χ0) is 20.4. The van der Waals surface area contributed by atoms with Crippen LogP contribution in [0.5, 0.6) is 0 Å². The summed E-state index contributed by atoms with van der Waals surface area (Å²) in [5.41, 5.74) is 2.61. The topological polar surface area (TPSA) is 84.5 Å². The highest BCUT2D eigenvalue weighted by Crippen LogP contribution is 2.06. The second kappa shape index (κ2) is 10.9. The lowest BCUT2D eigenvalue weighted by Crippen LogP contribution is -2.43. The molecule has 0 aromatic heterocycles. The van der Waals surface area contributed by atoms with Crippen LogP contribution >= 0.6 is 0 Å². The predicted molar refractivity (Wildman–Crippen MR) is 107 cm³/mol. The largest absolute Gasteiger partial charge is 0.467 e. The first-order valence-corrected chi connectivity index (χ1v) is 9.25. The van der Waals surface area contributed by atoms with Crippen molar-refractivity contribution < 1.29 is 19.1 Å². The summed E-state index contributed by atoms with van der Waals surface area (Å²) in [6.07, 6.45) is 1.04. The van der Waals surface area contributed by atoms with Crippen molar-refractivity contribution in [3.8, 4) is 0 Å². The number of carbonyl (C=O) groups is 3. The van der Waals surface area contributed by atoms with Crippen molar-refractivity contribution in [3.63, 3.8) is 0 Å². The Labute approximate surface area is 165 Å². The minimum absolute atomic E-state index is 0.170. The minimum Gasteiger partial charge on any atom is -0.467 e. The first kappa shape index (κ1) is 21.2. The van der Waals surface area contributed by atoms with Gasteiger partial charge in [-0.1, -0.05) is 48.0 Å². The molecule has 0 aliphatic carbocycles. The average molecular weight is 382 g/mol. The fourth-order valence-electron chi connectivity index (χ4n) is 2.71. The van der Waals surface area contributed by atoms with Crippen LogP contribution in [-0.2, 0) is 20.7 Å². The second-order valence-corrected chi connectivity index (χ2v) is 6.56. The standard InChI is InChI=1S/C22H26N2O4/c1-16-10-12-18(13-11-16)21(26)23-14-6-9-20(25)24-19(22(27)28-2)15-17-7-4-3-5-8-17/h3-5,7-8,10-13,19H,6,9,14-15H2,1-2H3,(H,23,26)(H,24,25)/t19-/m0/s1. The van der Waals surface area contributed by atoms with Crippen molar-refractivity contribution in [3.05, 3.63) is 71.3 Å². The van der Waals surface area contributed by atoms with E-state index in [1.54, 1.807) is 12.1 Å². The fourth-order valence-corrected chi connectivity index (χ4v) is 2.71. The van der Waals surface area contributed by atoms with Gasteiger partial charge in [0.2, 0.25) is 5.91 Å². The molecule has 1 atom stereocenters. The molecule has 2 amide bonds. The minimum atomic E-state index is -0.734. The Morgan fingerprint density at radius 2 is 1.68 bits per heavy atom. The summed E-state index contributed by atoms with van der Waals surface area (Å²) in [7, 11) is 1.30. The number of aryl methyl sites for hydroxylation is 1. The molecule has 2 aromatic rings. The number of ether oxygens (including phenoxy) is 1. The van der Waals surface area contributed by atoms with E-state index in [1.165, 1.54) is 7.11 Å². The quantitative estimate of drug-likeness (QED) is 0.515. The van der Waals surface area contributed by atoms with E-state index >= 15 is 0 Å². The van der Waals surface area contributed by atoms with Crippen molar-refractivity contribution in [2.75, 3.05) is 13.7 Å². The summed E-state index contributed by atoms with van der Waals surface area (Å²) in [5, 5.41) is 5.51. The van der Waals surface area contributed by atoms with Crippen molar-refractivity contribution >= 4 is 17.8 Å². The van der Waals surface area contributed by atoms with Crippen molar-refractivity contribution in [1.29, 1.82) is 0 Å². The Morgan fingerprint density at radius 1 is 1.00 bits per heavy atom. The van der Waals surface area contributed by atoms with Crippen LogP contribution in [0.25, 0.3) is 0 Å². The third kappa shape index (κ3) is 6.87. The number of hydrogen-bond acceptors (Lipinski definition) is 4. The molecule has 6 heteroatoms. The van der Waals surface area contributed by atoms with Crippen LogP contribution in [0.1, 0.15) is 34.3 Å². The lowest BCUT2D eigenvalue weighted by molar-refractivity contribution is -0.145.